The van der Waals surface area contributed by atoms with Crippen molar-refractivity contribution in [2.24, 2.45) is 5.92 Å². The minimum Gasteiger partial charge on any atom is -0.478 e. The summed E-state index contributed by atoms with van der Waals surface area (Å²) in [6.07, 6.45) is 4.73. The van der Waals surface area contributed by atoms with Crippen molar-refractivity contribution >= 4 is 17.6 Å². The fourth-order valence-corrected chi connectivity index (χ4v) is 3.19. The van der Waals surface area contributed by atoms with Crippen LogP contribution in [-0.4, -0.2) is 40.0 Å². The Kier molecular flexibility index (Phi) is 5.68. The van der Waals surface area contributed by atoms with Gasteiger partial charge in [0, 0.05) is 25.3 Å². The predicted molar refractivity (Wildman–Crippen MR) is 96.7 cm³/mol. The normalized spacial score (nSPS) is 15.0. The molecule has 1 saturated heterocycles. The van der Waals surface area contributed by atoms with E-state index in [-0.39, 0.29) is 11.5 Å². The maximum absolute atomic E-state index is 12.2. The van der Waals surface area contributed by atoms with E-state index in [4.69, 9.17) is 9.84 Å². The molecule has 2 aromatic rings. The van der Waals surface area contributed by atoms with E-state index in [2.05, 4.69) is 10.4 Å². The third-order valence-corrected chi connectivity index (χ3v) is 4.74. The van der Waals surface area contributed by atoms with Crippen LogP contribution in [0.15, 0.2) is 30.5 Å². The molecule has 0 unspecified atom stereocenters. The zero-order valence-corrected chi connectivity index (χ0v) is 14.8. The Morgan fingerprint density at radius 1 is 1.35 bits per heavy atom. The molecule has 0 radical (unpaired) electrons. The van der Waals surface area contributed by atoms with Crippen molar-refractivity contribution in [3.63, 3.8) is 0 Å². The highest BCUT2D eigenvalue weighted by Gasteiger charge is 2.16. The number of hydrogen-bond donors (Lipinski definition) is 2. The van der Waals surface area contributed by atoms with Crippen LogP contribution in [0.5, 0.6) is 0 Å². The average molecular weight is 357 g/mol. The second kappa shape index (κ2) is 8.14. The van der Waals surface area contributed by atoms with Gasteiger partial charge in [0.05, 0.1) is 17.6 Å². The summed E-state index contributed by atoms with van der Waals surface area (Å²) in [6.45, 7) is 3.28. The Morgan fingerprint density at radius 2 is 2.12 bits per heavy atom. The van der Waals surface area contributed by atoms with Gasteiger partial charge in [0.1, 0.15) is 5.56 Å². The number of hydrogen-bond acceptors (Lipinski definition) is 4. The second-order valence-corrected chi connectivity index (χ2v) is 6.55. The van der Waals surface area contributed by atoms with Crippen LogP contribution in [0.1, 0.15) is 41.7 Å². The molecule has 0 aliphatic carbocycles. The molecule has 1 amide bonds. The Balaban J connectivity index is 1.63. The van der Waals surface area contributed by atoms with Crippen molar-refractivity contribution in [1.29, 1.82) is 0 Å². The van der Waals surface area contributed by atoms with Crippen LogP contribution in [-0.2, 0) is 9.53 Å². The number of carboxylic acids is 1. The number of aromatic nitrogens is 2. The van der Waals surface area contributed by atoms with Crippen LogP contribution in [0.2, 0.25) is 0 Å². The van der Waals surface area contributed by atoms with Gasteiger partial charge in [-0.15, -0.1) is 0 Å². The number of rotatable bonds is 6. The summed E-state index contributed by atoms with van der Waals surface area (Å²) >= 11 is 0. The summed E-state index contributed by atoms with van der Waals surface area (Å²) in [4.78, 5) is 23.4. The largest absolute Gasteiger partial charge is 0.478 e. The number of benzene rings is 1. The summed E-state index contributed by atoms with van der Waals surface area (Å²) < 4.78 is 6.89. The third-order valence-electron chi connectivity index (χ3n) is 4.74. The van der Waals surface area contributed by atoms with E-state index in [1.807, 2.05) is 18.2 Å². The fourth-order valence-electron chi connectivity index (χ4n) is 3.19. The van der Waals surface area contributed by atoms with E-state index in [0.717, 1.165) is 32.5 Å². The van der Waals surface area contributed by atoms with Gasteiger partial charge in [0.25, 0.3) is 0 Å². The summed E-state index contributed by atoms with van der Waals surface area (Å²) in [5.74, 6) is -0.467. The lowest BCUT2D eigenvalue weighted by molar-refractivity contribution is -0.116. The number of aromatic carboxylic acids is 1. The van der Waals surface area contributed by atoms with E-state index in [9.17, 15) is 9.59 Å². The zero-order chi connectivity index (χ0) is 18.5. The van der Waals surface area contributed by atoms with Crippen molar-refractivity contribution in [1.82, 2.24) is 9.78 Å². The molecule has 138 valence electrons. The molecule has 2 N–H and O–H groups in total. The van der Waals surface area contributed by atoms with Gasteiger partial charge in [-0.05, 0) is 50.3 Å². The minimum atomic E-state index is -1.01. The Labute approximate surface area is 152 Å². The van der Waals surface area contributed by atoms with Crippen molar-refractivity contribution in [2.45, 2.75) is 32.6 Å². The first kappa shape index (κ1) is 18.1. The lowest BCUT2D eigenvalue weighted by Gasteiger charge is -2.21. The maximum Gasteiger partial charge on any atom is 0.339 e. The zero-order valence-electron chi connectivity index (χ0n) is 14.8. The molecular weight excluding hydrogens is 334 g/mol. The second-order valence-electron chi connectivity index (χ2n) is 6.55. The number of carbonyl (C=O) groups is 2. The molecule has 7 heteroatoms. The van der Waals surface area contributed by atoms with Crippen molar-refractivity contribution in [3.05, 3.63) is 41.7 Å². The first-order valence-corrected chi connectivity index (χ1v) is 8.80. The minimum absolute atomic E-state index is 0.0166. The molecule has 7 nitrogen and oxygen atoms in total. The van der Waals surface area contributed by atoms with E-state index in [1.54, 1.807) is 17.7 Å². The molecule has 0 spiro atoms. The van der Waals surface area contributed by atoms with Gasteiger partial charge in [-0.25, -0.2) is 9.48 Å². The molecule has 1 aliphatic rings. The smallest absolute Gasteiger partial charge is 0.339 e. The average Bonchev–Trinajstić information content (AvgIpc) is 3.03. The first-order valence-electron chi connectivity index (χ1n) is 8.80. The molecule has 1 aromatic heterocycles. The number of amides is 1. The molecule has 3 rings (SSSR count). The van der Waals surface area contributed by atoms with Crippen molar-refractivity contribution in [2.75, 3.05) is 18.5 Å². The summed E-state index contributed by atoms with van der Waals surface area (Å²) in [5.41, 5.74) is 2.08. The van der Waals surface area contributed by atoms with Crippen LogP contribution in [0, 0.1) is 12.8 Å². The predicted octanol–water partition coefficient (Wildman–Crippen LogP) is 3.02. The highest BCUT2D eigenvalue weighted by Crippen LogP contribution is 2.21. The molecule has 1 aromatic carbocycles. The number of carboxylic acid groups (broad SMARTS) is 1. The van der Waals surface area contributed by atoms with Gasteiger partial charge >= 0.3 is 5.97 Å². The van der Waals surface area contributed by atoms with Crippen LogP contribution in [0.4, 0.5) is 5.69 Å². The first-order chi connectivity index (χ1) is 12.5. The third kappa shape index (κ3) is 4.29. The van der Waals surface area contributed by atoms with Crippen LogP contribution >= 0.6 is 0 Å². The van der Waals surface area contributed by atoms with Gasteiger partial charge in [-0.1, -0.05) is 6.07 Å². The lowest BCUT2D eigenvalue weighted by Crippen LogP contribution is -2.18. The van der Waals surface area contributed by atoms with Gasteiger partial charge in [-0.2, -0.15) is 5.10 Å². The summed E-state index contributed by atoms with van der Waals surface area (Å²) in [5, 5.41) is 16.2. The topological polar surface area (TPSA) is 93.5 Å². The Bertz CT molecular complexity index is 794. The number of anilines is 1. The highest BCUT2D eigenvalue weighted by molar-refractivity contribution is 5.91. The lowest BCUT2D eigenvalue weighted by atomic mass is 9.95. The summed E-state index contributed by atoms with van der Waals surface area (Å²) in [6, 6.07) is 7.24. The van der Waals surface area contributed by atoms with E-state index < -0.39 is 5.97 Å². The van der Waals surface area contributed by atoms with Gasteiger partial charge in [-0.3, -0.25) is 4.79 Å². The molecule has 0 saturated carbocycles. The summed E-state index contributed by atoms with van der Waals surface area (Å²) in [7, 11) is 0. The van der Waals surface area contributed by atoms with Crippen LogP contribution < -0.4 is 5.32 Å². The standard InChI is InChI=1S/C19H23N3O4/c1-13-17(19(24)25)12-20-22(13)16-4-2-3-15(11-16)21-18(23)6-5-14-7-9-26-10-8-14/h2-4,11-12,14H,5-10H2,1H3,(H,21,23)(H,24,25). The number of nitrogens with zero attached hydrogens (tertiary/aromatic N) is 2. The molecular formula is C19H23N3O4. The highest BCUT2D eigenvalue weighted by atomic mass is 16.5. The van der Waals surface area contributed by atoms with Crippen LogP contribution in [0.25, 0.3) is 5.69 Å². The number of carbonyl (C=O) groups excluding carboxylic acids is 1. The molecule has 26 heavy (non-hydrogen) atoms. The Morgan fingerprint density at radius 3 is 2.81 bits per heavy atom. The maximum atomic E-state index is 12.2. The van der Waals surface area contributed by atoms with Crippen molar-refractivity contribution in [3.8, 4) is 5.69 Å². The quantitative estimate of drug-likeness (QED) is 0.829. The SMILES string of the molecule is Cc1c(C(=O)O)cnn1-c1cccc(NC(=O)CCC2CCOCC2)c1. The molecule has 0 bridgehead atoms. The monoisotopic (exact) mass is 357 g/mol. The molecule has 1 fully saturated rings. The van der Waals surface area contributed by atoms with Gasteiger partial charge < -0.3 is 15.2 Å². The number of nitrogens with one attached hydrogen (secondary N) is 1. The van der Waals surface area contributed by atoms with Gasteiger partial charge in [0.15, 0.2) is 0 Å². The van der Waals surface area contributed by atoms with E-state index >= 15 is 0 Å². The number of ether oxygens (including phenoxy) is 1. The molecule has 2 heterocycles. The Hall–Kier alpha value is -2.67. The van der Waals surface area contributed by atoms with Crippen molar-refractivity contribution < 1.29 is 19.4 Å². The molecule has 0 atom stereocenters. The molecule has 1 aliphatic heterocycles. The van der Waals surface area contributed by atoms with Gasteiger partial charge in [0.2, 0.25) is 5.91 Å². The van der Waals surface area contributed by atoms with E-state index in [0.29, 0.717) is 29.4 Å². The van der Waals surface area contributed by atoms with Crippen LogP contribution in [0.3, 0.4) is 0 Å². The fraction of sp³-hybridized carbons (Fsp3) is 0.421. The van der Waals surface area contributed by atoms with E-state index in [1.165, 1.54) is 6.20 Å².